The summed E-state index contributed by atoms with van der Waals surface area (Å²) in [5.41, 5.74) is 4.16. The van der Waals surface area contributed by atoms with Crippen molar-refractivity contribution in [2.75, 3.05) is 24.7 Å². The van der Waals surface area contributed by atoms with Crippen LogP contribution in [0.4, 0.5) is 11.4 Å². The van der Waals surface area contributed by atoms with Crippen LogP contribution in [-0.4, -0.2) is 24.3 Å². The first kappa shape index (κ1) is 17.9. The number of nitrogens with one attached hydrogen (secondary N) is 4. The van der Waals surface area contributed by atoms with Crippen LogP contribution in [0.3, 0.4) is 0 Å². The Hall–Kier alpha value is -2.44. The Morgan fingerprint density at radius 3 is 1.29 bits per heavy atom. The first-order valence-electron chi connectivity index (χ1n) is 7.46. The van der Waals surface area contributed by atoms with E-state index in [0.29, 0.717) is 10.2 Å². The van der Waals surface area contributed by atoms with Gasteiger partial charge in [-0.1, -0.05) is 36.4 Å². The lowest BCUT2D eigenvalue weighted by molar-refractivity contribution is 1.20. The van der Waals surface area contributed by atoms with Gasteiger partial charge in [-0.3, -0.25) is 0 Å². The lowest BCUT2D eigenvalue weighted by atomic mass is 10.1. The average Bonchev–Trinajstić information content (AvgIpc) is 2.62. The Morgan fingerprint density at radius 2 is 1.00 bits per heavy atom. The number of anilines is 2. The minimum Gasteiger partial charge on any atom is -0.366 e. The highest BCUT2D eigenvalue weighted by molar-refractivity contribution is 7.80. The lowest BCUT2D eigenvalue weighted by Crippen LogP contribution is -2.23. The van der Waals surface area contributed by atoms with Crippen LogP contribution in [0.5, 0.6) is 0 Å². The van der Waals surface area contributed by atoms with Crippen molar-refractivity contribution in [3.8, 4) is 0 Å². The maximum atomic E-state index is 5.08. The molecule has 0 aliphatic rings. The molecule has 24 heavy (non-hydrogen) atoms. The molecule has 0 bridgehead atoms. The number of benzene rings is 2. The summed E-state index contributed by atoms with van der Waals surface area (Å²) in [5.74, 6) is 0. The van der Waals surface area contributed by atoms with Gasteiger partial charge in [0.15, 0.2) is 10.2 Å². The van der Waals surface area contributed by atoms with E-state index >= 15 is 0 Å². The molecule has 2 aromatic carbocycles. The number of rotatable bonds is 4. The highest BCUT2D eigenvalue weighted by Gasteiger charge is 1.96. The molecule has 0 unspecified atom stereocenters. The second-order valence-electron chi connectivity index (χ2n) is 4.99. The zero-order chi connectivity index (χ0) is 17.4. The van der Waals surface area contributed by atoms with Gasteiger partial charge in [-0.05, 0) is 59.8 Å². The molecule has 0 radical (unpaired) electrons. The maximum absolute atomic E-state index is 5.08. The lowest BCUT2D eigenvalue weighted by Gasteiger charge is -2.07. The molecule has 124 valence electrons. The van der Waals surface area contributed by atoms with Crippen LogP contribution in [-0.2, 0) is 0 Å². The van der Waals surface area contributed by atoms with E-state index in [1.165, 1.54) is 0 Å². The maximum Gasteiger partial charge on any atom is 0.170 e. The van der Waals surface area contributed by atoms with Crippen LogP contribution in [0.1, 0.15) is 11.1 Å². The van der Waals surface area contributed by atoms with E-state index in [-0.39, 0.29) is 0 Å². The monoisotopic (exact) mass is 356 g/mol. The fourth-order valence-electron chi connectivity index (χ4n) is 1.93. The third-order valence-corrected chi connectivity index (χ3v) is 3.87. The van der Waals surface area contributed by atoms with Crippen molar-refractivity contribution in [1.29, 1.82) is 0 Å². The largest absolute Gasteiger partial charge is 0.366 e. The van der Waals surface area contributed by atoms with Crippen molar-refractivity contribution in [3.05, 3.63) is 59.7 Å². The van der Waals surface area contributed by atoms with Crippen molar-refractivity contribution >= 4 is 58.2 Å². The Morgan fingerprint density at radius 1 is 0.667 bits per heavy atom. The minimum atomic E-state index is 0.602. The van der Waals surface area contributed by atoms with E-state index in [0.717, 1.165) is 22.5 Å². The van der Waals surface area contributed by atoms with Gasteiger partial charge in [0.2, 0.25) is 0 Å². The van der Waals surface area contributed by atoms with Gasteiger partial charge in [-0.25, -0.2) is 0 Å². The smallest absolute Gasteiger partial charge is 0.170 e. The topological polar surface area (TPSA) is 48.1 Å². The zero-order valence-electron chi connectivity index (χ0n) is 13.6. The first-order chi connectivity index (χ1) is 11.6. The molecule has 0 fully saturated rings. The Bertz CT molecular complexity index is 658. The quantitative estimate of drug-likeness (QED) is 0.495. The van der Waals surface area contributed by atoms with Crippen LogP contribution >= 0.6 is 24.4 Å². The molecule has 0 saturated heterocycles. The van der Waals surface area contributed by atoms with Crippen LogP contribution in [0, 0.1) is 0 Å². The van der Waals surface area contributed by atoms with Gasteiger partial charge < -0.3 is 21.3 Å². The second kappa shape index (κ2) is 9.00. The van der Waals surface area contributed by atoms with Crippen molar-refractivity contribution in [2.24, 2.45) is 0 Å². The molecule has 2 rings (SSSR count). The van der Waals surface area contributed by atoms with Crippen molar-refractivity contribution in [3.63, 3.8) is 0 Å². The number of hydrogen-bond donors (Lipinski definition) is 4. The molecule has 0 heterocycles. The summed E-state index contributed by atoms with van der Waals surface area (Å²) < 4.78 is 0. The number of hydrogen-bond acceptors (Lipinski definition) is 2. The summed E-state index contributed by atoms with van der Waals surface area (Å²) in [7, 11) is 3.58. The van der Waals surface area contributed by atoms with Gasteiger partial charge in [0.1, 0.15) is 0 Å². The molecule has 6 heteroatoms. The van der Waals surface area contributed by atoms with Gasteiger partial charge >= 0.3 is 0 Å². The fraction of sp³-hybridized carbons (Fsp3) is 0.111. The zero-order valence-corrected chi connectivity index (χ0v) is 15.2. The summed E-state index contributed by atoms with van der Waals surface area (Å²) in [6.07, 6.45) is 4.14. The minimum absolute atomic E-state index is 0.602. The third-order valence-electron chi connectivity index (χ3n) is 3.26. The Balaban J connectivity index is 1.97. The van der Waals surface area contributed by atoms with E-state index in [4.69, 9.17) is 24.4 Å². The summed E-state index contributed by atoms with van der Waals surface area (Å²) in [4.78, 5) is 0. The number of thiocarbonyl (C=S) groups is 2. The van der Waals surface area contributed by atoms with Crippen molar-refractivity contribution in [1.82, 2.24) is 10.6 Å². The predicted molar refractivity (Wildman–Crippen MR) is 112 cm³/mol. The molecule has 0 aromatic heterocycles. The van der Waals surface area contributed by atoms with Crippen LogP contribution in [0.2, 0.25) is 0 Å². The SMILES string of the molecule is CNC(=S)Nc1ccc(/C=C/c2ccc(NC(=S)NC)cc2)cc1. The highest BCUT2D eigenvalue weighted by atomic mass is 32.1. The highest BCUT2D eigenvalue weighted by Crippen LogP contribution is 2.14. The molecular formula is C18H20N4S2. The molecule has 2 aromatic rings. The van der Waals surface area contributed by atoms with Gasteiger partial charge in [-0.2, -0.15) is 0 Å². The summed E-state index contributed by atoms with van der Waals surface area (Å²) in [6.45, 7) is 0. The fourth-order valence-corrected chi connectivity index (χ4v) is 2.17. The molecule has 4 N–H and O–H groups in total. The van der Waals surface area contributed by atoms with Crippen LogP contribution in [0.15, 0.2) is 48.5 Å². The van der Waals surface area contributed by atoms with Crippen LogP contribution in [0.25, 0.3) is 12.2 Å². The van der Waals surface area contributed by atoms with Crippen molar-refractivity contribution in [2.45, 2.75) is 0 Å². The second-order valence-corrected chi connectivity index (χ2v) is 5.80. The third kappa shape index (κ3) is 5.64. The normalized spacial score (nSPS) is 10.2. The van der Waals surface area contributed by atoms with Crippen LogP contribution < -0.4 is 21.3 Å². The van der Waals surface area contributed by atoms with Gasteiger partial charge in [-0.15, -0.1) is 0 Å². The molecule has 0 amide bonds. The van der Waals surface area contributed by atoms with Crippen molar-refractivity contribution < 1.29 is 0 Å². The van der Waals surface area contributed by atoms with Gasteiger partial charge in [0, 0.05) is 25.5 Å². The van der Waals surface area contributed by atoms with Gasteiger partial charge in [0.05, 0.1) is 0 Å². The standard InChI is InChI=1S/C18H20N4S2/c1-19-17(23)21-15-9-5-13(6-10-15)3-4-14-7-11-16(12-8-14)22-18(24)20-2/h3-12H,1-2H3,(H2,19,21,23)(H2,20,22,24)/b4-3+. The summed E-state index contributed by atoms with van der Waals surface area (Å²) >= 11 is 10.2. The van der Waals surface area contributed by atoms with Gasteiger partial charge in [0.25, 0.3) is 0 Å². The molecule has 4 nitrogen and oxygen atoms in total. The van der Waals surface area contributed by atoms with E-state index in [9.17, 15) is 0 Å². The molecule has 0 aliphatic carbocycles. The Labute approximate surface area is 153 Å². The molecular weight excluding hydrogens is 336 g/mol. The molecule has 0 saturated carbocycles. The summed E-state index contributed by atoms with van der Waals surface area (Å²) in [5, 5.41) is 13.2. The molecule has 0 aliphatic heterocycles. The molecule has 0 spiro atoms. The first-order valence-corrected chi connectivity index (χ1v) is 8.28. The van der Waals surface area contributed by atoms with E-state index in [1.54, 1.807) is 14.1 Å². The van der Waals surface area contributed by atoms with E-state index < -0.39 is 0 Å². The average molecular weight is 357 g/mol. The van der Waals surface area contributed by atoms with E-state index in [2.05, 4.69) is 33.4 Å². The summed E-state index contributed by atoms with van der Waals surface area (Å²) in [6, 6.07) is 16.1. The predicted octanol–water partition coefficient (Wildman–Crippen LogP) is 3.69. The molecule has 0 atom stereocenters. The van der Waals surface area contributed by atoms with E-state index in [1.807, 2.05) is 48.5 Å². The Kier molecular flexibility index (Phi) is 6.72.